The molecule has 0 aliphatic heterocycles. The van der Waals surface area contributed by atoms with Crippen molar-refractivity contribution < 1.29 is 51.0 Å². The summed E-state index contributed by atoms with van der Waals surface area (Å²) in [6.45, 7) is 6.60. The fraction of sp³-hybridized carbons (Fsp3) is 0.139. The van der Waals surface area contributed by atoms with Crippen LogP contribution in [0.4, 0.5) is 0 Å². The first-order valence-corrected chi connectivity index (χ1v) is 15.2. The van der Waals surface area contributed by atoms with Crippen molar-refractivity contribution in [3.8, 4) is 11.1 Å². The molecule has 197 valence electrons. The van der Waals surface area contributed by atoms with Crippen LogP contribution in [0.15, 0.2) is 115 Å². The molecular formula is C36H31Cl2SiZr. The van der Waals surface area contributed by atoms with Gasteiger partial charge in [0.2, 0.25) is 0 Å². The van der Waals surface area contributed by atoms with Crippen LogP contribution in [0.2, 0.25) is 13.1 Å². The van der Waals surface area contributed by atoms with Crippen LogP contribution in [0.3, 0.4) is 0 Å². The third-order valence-corrected chi connectivity index (χ3v) is 7.62. The standard InChI is InChI=1S/C34H25.C2H6Si.2ClH.Zr/c1-2-22-20-32-28(26-18-17-23-9-3-4-10-24(23)19-26)13-7-15-30(32)34(22)31-16-8-14-29-27-12-6-5-11-25(27)21-33(29)31;1-3-2;;;/h3-21,34H,2H2,1H3;1-2H3;2*1H;/q-1;;;;+3/p-2. The summed E-state index contributed by atoms with van der Waals surface area (Å²) in [6.07, 6.45) is 3.51. The fourth-order valence-electron chi connectivity index (χ4n) is 6.00. The maximum atomic E-state index is 2.46. The second-order valence-corrected chi connectivity index (χ2v) is 10.9. The van der Waals surface area contributed by atoms with Crippen molar-refractivity contribution >= 4 is 47.9 Å². The summed E-state index contributed by atoms with van der Waals surface area (Å²) in [6, 6.07) is 40.3. The van der Waals surface area contributed by atoms with Crippen molar-refractivity contribution in [1.29, 1.82) is 0 Å². The van der Waals surface area contributed by atoms with Crippen molar-refractivity contribution in [3.05, 3.63) is 131 Å². The van der Waals surface area contributed by atoms with Gasteiger partial charge in [0.1, 0.15) is 0 Å². The zero-order valence-corrected chi connectivity index (χ0v) is 28.0. The second kappa shape index (κ2) is 14.0. The van der Waals surface area contributed by atoms with E-state index in [2.05, 4.69) is 135 Å². The zero-order chi connectivity index (χ0) is 25.4. The molecule has 7 rings (SSSR count). The van der Waals surface area contributed by atoms with Crippen LogP contribution in [-0.2, 0) is 26.2 Å². The average molecular weight is 654 g/mol. The number of hydrogen-bond donors (Lipinski definition) is 0. The molecule has 0 saturated heterocycles. The first-order chi connectivity index (χ1) is 18.2. The number of hydrogen-bond acceptors (Lipinski definition) is 0. The van der Waals surface area contributed by atoms with E-state index in [9.17, 15) is 0 Å². The summed E-state index contributed by atoms with van der Waals surface area (Å²) >= 11 is 0. The van der Waals surface area contributed by atoms with Crippen LogP contribution in [0.25, 0.3) is 49.5 Å². The first-order valence-electron chi connectivity index (χ1n) is 13.2. The Hall–Kier alpha value is -2.35. The molecule has 6 aromatic carbocycles. The third-order valence-electron chi connectivity index (χ3n) is 7.62. The Morgan fingerprint density at radius 2 is 1.35 bits per heavy atom. The normalized spacial score (nSPS) is 13.4. The Morgan fingerprint density at radius 1 is 0.700 bits per heavy atom. The fourth-order valence-corrected chi connectivity index (χ4v) is 6.00. The van der Waals surface area contributed by atoms with Gasteiger partial charge in [-0.3, -0.25) is 0 Å². The van der Waals surface area contributed by atoms with Gasteiger partial charge >= 0.3 is 26.2 Å². The van der Waals surface area contributed by atoms with E-state index < -0.39 is 0 Å². The Morgan fingerprint density at radius 3 is 2.12 bits per heavy atom. The molecule has 1 aliphatic rings. The van der Waals surface area contributed by atoms with Crippen molar-refractivity contribution in [2.45, 2.75) is 32.4 Å². The summed E-state index contributed by atoms with van der Waals surface area (Å²) in [5.41, 5.74) is 8.36. The zero-order valence-electron chi connectivity index (χ0n) is 23.0. The SMILES string of the molecule is CCC1=Cc2c(-c3ccc4ccccc4c3)cccc2C1c1cccc2c1[cH-]c1ccccc12.C[Si]C.[Cl-].[Cl-].[Zr+3]. The predicted molar refractivity (Wildman–Crippen MR) is 164 cm³/mol. The number of allylic oxidation sites excluding steroid dienone is 1. The molecule has 0 bridgehead atoms. The summed E-state index contributed by atoms with van der Waals surface area (Å²) in [7, 11) is 1.08. The maximum absolute atomic E-state index is 2.46. The summed E-state index contributed by atoms with van der Waals surface area (Å²) < 4.78 is 0. The monoisotopic (exact) mass is 651 g/mol. The molecule has 0 saturated carbocycles. The molecule has 4 heteroatoms. The van der Waals surface area contributed by atoms with Gasteiger partial charge in [-0.1, -0.05) is 128 Å². The van der Waals surface area contributed by atoms with Crippen molar-refractivity contribution in [1.82, 2.24) is 0 Å². The second-order valence-electron chi connectivity index (χ2n) is 9.92. The summed E-state index contributed by atoms with van der Waals surface area (Å²) in [5.74, 6) is 0.306. The Kier molecular flexibility index (Phi) is 11.3. The Labute approximate surface area is 272 Å². The van der Waals surface area contributed by atoms with E-state index in [4.69, 9.17) is 0 Å². The van der Waals surface area contributed by atoms with E-state index in [0.29, 0.717) is 5.92 Å². The molecule has 1 aliphatic carbocycles. The van der Waals surface area contributed by atoms with Crippen LogP contribution in [0.1, 0.15) is 36.0 Å². The molecule has 1 unspecified atom stereocenters. The molecule has 0 spiro atoms. The summed E-state index contributed by atoms with van der Waals surface area (Å²) in [5, 5.41) is 8.01. The average Bonchev–Trinajstić information content (AvgIpc) is 3.51. The smallest absolute Gasteiger partial charge is 1.00 e. The van der Waals surface area contributed by atoms with E-state index in [-0.39, 0.29) is 51.0 Å². The number of rotatable bonds is 3. The molecule has 0 aromatic heterocycles. The molecule has 40 heavy (non-hydrogen) atoms. The quantitative estimate of drug-likeness (QED) is 0.198. The first kappa shape index (κ1) is 32.2. The van der Waals surface area contributed by atoms with Crippen LogP contribution < -0.4 is 24.8 Å². The van der Waals surface area contributed by atoms with Gasteiger partial charge < -0.3 is 24.8 Å². The molecule has 0 N–H and O–H groups in total. The van der Waals surface area contributed by atoms with Gasteiger partial charge in [0.05, 0.1) is 0 Å². The van der Waals surface area contributed by atoms with E-state index in [1.54, 1.807) is 0 Å². The van der Waals surface area contributed by atoms with Gasteiger partial charge in [0.25, 0.3) is 0 Å². The van der Waals surface area contributed by atoms with Gasteiger partial charge in [0.15, 0.2) is 0 Å². The number of fused-ring (bicyclic) bond motifs is 5. The van der Waals surface area contributed by atoms with E-state index in [1.165, 1.54) is 65.7 Å². The van der Waals surface area contributed by atoms with E-state index in [1.807, 2.05) is 0 Å². The van der Waals surface area contributed by atoms with Crippen molar-refractivity contribution in [2.24, 2.45) is 0 Å². The Bertz CT molecular complexity index is 1780. The molecular weight excluding hydrogens is 623 g/mol. The van der Waals surface area contributed by atoms with Gasteiger partial charge in [-0.05, 0) is 45.5 Å². The Balaban J connectivity index is 0.000000706. The van der Waals surface area contributed by atoms with E-state index >= 15 is 0 Å². The minimum atomic E-state index is 0. The predicted octanol–water partition coefficient (Wildman–Crippen LogP) is 4.26. The van der Waals surface area contributed by atoms with Gasteiger partial charge in [-0.25, -0.2) is 0 Å². The summed E-state index contributed by atoms with van der Waals surface area (Å²) in [4.78, 5) is 0. The van der Waals surface area contributed by atoms with Gasteiger partial charge in [-0.15, -0.1) is 33.7 Å². The van der Waals surface area contributed by atoms with Gasteiger partial charge in [-0.2, -0.15) is 0 Å². The van der Waals surface area contributed by atoms with Gasteiger partial charge in [0, 0.05) is 15.4 Å². The number of benzene rings is 5. The largest absolute Gasteiger partial charge is 3.00 e. The molecule has 3 radical (unpaired) electrons. The topological polar surface area (TPSA) is 0 Å². The molecule has 0 nitrogen and oxygen atoms in total. The van der Waals surface area contributed by atoms with Crippen molar-refractivity contribution in [2.75, 3.05) is 0 Å². The molecule has 0 heterocycles. The van der Waals surface area contributed by atoms with Crippen LogP contribution in [0.5, 0.6) is 0 Å². The van der Waals surface area contributed by atoms with Crippen LogP contribution in [0, 0.1) is 0 Å². The maximum Gasteiger partial charge on any atom is 3.00 e. The number of halogens is 2. The third kappa shape index (κ3) is 5.70. The van der Waals surface area contributed by atoms with E-state index in [0.717, 1.165) is 15.9 Å². The molecule has 0 amide bonds. The molecule has 0 fully saturated rings. The van der Waals surface area contributed by atoms with Crippen LogP contribution in [-0.4, -0.2) is 9.52 Å². The molecule has 6 aromatic rings. The minimum Gasteiger partial charge on any atom is -1.00 e. The minimum absolute atomic E-state index is 0. The van der Waals surface area contributed by atoms with Crippen LogP contribution >= 0.6 is 0 Å². The molecule has 1 atom stereocenters. The van der Waals surface area contributed by atoms with Crippen molar-refractivity contribution in [3.63, 3.8) is 0 Å².